The zero-order valence-electron chi connectivity index (χ0n) is 7.97. The fourth-order valence-corrected chi connectivity index (χ4v) is 1.13. The molecule has 0 aliphatic rings. The van der Waals surface area contributed by atoms with E-state index in [2.05, 4.69) is 9.98 Å². The number of benzene rings is 1. The van der Waals surface area contributed by atoms with Gasteiger partial charge < -0.3 is 0 Å². The van der Waals surface area contributed by atoms with Gasteiger partial charge in [-0.3, -0.25) is 9.98 Å². The summed E-state index contributed by atoms with van der Waals surface area (Å²) in [4.78, 5) is 8.10. The third kappa shape index (κ3) is 2.71. The topological polar surface area (TPSA) is 25.2 Å². The van der Waals surface area contributed by atoms with Gasteiger partial charge in [0, 0.05) is 18.6 Å². The Bertz CT molecular complexity index is 449. The molecule has 0 radical (unpaired) electrons. The number of hydrogen-bond acceptors (Lipinski definition) is 2. The smallest absolute Gasteiger partial charge is 0.123 e. The van der Waals surface area contributed by atoms with Crippen LogP contribution >= 0.6 is 0 Å². The van der Waals surface area contributed by atoms with E-state index < -0.39 is 0 Å². The largest absolute Gasteiger partial charge is 0.265 e. The Balaban J connectivity index is 2.15. The Morgan fingerprint density at radius 1 is 1.00 bits per heavy atom. The van der Waals surface area contributed by atoms with E-state index in [0.29, 0.717) is 0 Å². The quantitative estimate of drug-likeness (QED) is 0.684. The fourth-order valence-electron chi connectivity index (χ4n) is 1.13. The second-order valence-corrected chi connectivity index (χ2v) is 3.02. The molecule has 0 bridgehead atoms. The van der Waals surface area contributed by atoms with Crippen LogP contribution in [0.3, 0.4) is 0 Å². The molecule has 0 atom stereocenters. The van der Waals surface area contributed by atoms with E-state index in [1.807, 2.05) is 12.1 Å². The lowest BCUT2D eigenvalue weighted by molar-refractivity contribution is 0.628. The lowest BCUT2D eigenvalue weighted by Gasteiger charge is -1.93. The van der Waals surface area contributed by atoms with Crippen LogP contribution in [0.2, 0.25) is 0 Å². The minimum atomic E-state index is -0.252. The standard InChI is InChI=1S/C12H9FN2/c13-11-1-3-12(4-2-11)15-9-10-5-7-14-8-6-10/h1-9H. The van der Waals surface area contributed by atoms with Gasteiger partial charge in [-0.15, -0.1) is 0 Å². The summed E-state index contributed by atoms with van der Waals surface area (Å²) in [5.74, 6) is -0.252. The van der Waals surface area contributed by atoms with Gasteiger partial charge in [-0.2, -0.15) is 0 Å². The molecular formula is C12H9FN2. The second-order valence-electron chi connectivity index (χ2n) is 3.02. The first-order chi connectivity index (χ1) is 7.34. The third-order valence-electron chi connectivity index (χ3n) is 1.90. The van der Waals surface area contributed by atoms with Crippen molar-refractivity contribution >= 4 is 11.9 Å². The molecular weight excluding hydrogens is 191 g/mol. The van der Waals surface area contributed by atoms with Crippen LogP contribution in [0, 0.1) is 5.82 Å². The van der Waals surface area contributed by atoms with Crippen molar-refractivity contribution in [2.75, 3.05) is 0 Å². The summed E-state index contributed by atoms with van der Waals surface area (Å²) < 4.78 is 12.6. The Morgan fingerprint density at radius 3 is 2.33 bits per heavy atom. The number of aliphatic imine (C=N–C) groups is 1. The molecule has 2 rings (SSSR count). The molecule has 1 aromatic carbocycles. The second kappa shape index (κ2) is 4.46. The molecule has 2 aromatic rings. The van der Waals surface area contributed by atoms with Crippen molar-refractivity contribution in [3.8, 4) is 0 Å². The highest BCUT2D eigenvalue weighted by Crippen LogP contribution is 2.11. The first kappa shape index (κ1) is 9.52. The SMILES string of the molecule is Fc1ccc(N=Cc2ccncc2)cc1. The molecule has 0 aliphatic carbocycles. The van der Waals surface area contributed by atoms with Crippen molar-refractivity contribution in [3.05, 3.63) is 60.2 Å². The highest BCUT2D eigenvalue weighted by molar-refractivity contribution is 5.81. The number of pyridine rings is 1. The highest BCUT2D eigenvalue weighted by Gasteiger charge is 1.90. The molecule has 0 saturated carbocycles. The van der Waals surface area contributed by atoms with Gasteiger partial charge in [0.2, 0.25) is 0 Å². The van der Waals surface area contributed by atoms with Crippen molar-refractivity contribution in [2.24, 2.45) is 4.99 Å². The molecule has 0 saturated heterocycles. The van der Waals surface area contributed by atoms with Crippen LogP contribution in [0.4, 0.5) is 10.1 Å². The summed E-state index contributed by atoms with van der Waals surface area (Å²) in [6.45, 7) is 0. The molecule has 1 aromatic heterocycles. The van der Waals surface area contributed by atoms with Crippen molar-refractivity contribution in [1.82, 2.24) is 4.98 Å². The van der Waals surface area contributed by atoms with E-state index in [0.717, 1.165) is 11.3 Å². The van der Waals surface area contributed by atoms with Crippen molar-refractivity contribution in [3.63, 3.8) is 0 Å². The summed E-state index contributed by atoms with van der Waals surface area (Å²) >= 11 is 0. The molecule has 15 heavy (non-hydrogen) atoms. The third-order valence-corrected chi connectivity index (χ3v) is 1.90. The molecule has 0 spiro atoms. The van der Waals surface area contributed by atoms with Crippen LogP contribution in [0.1, 0.15) is 5.56 Å². The molecule has 0 unspecified atom stereocenters. The van der Waals surface area contributed by atoms with Gasteiger partial charge in [0.05, 0.1) is 5.69 Å². The monoisotopic (exact) mass is 200 g/mol. The Kier molecular flexibility index (Phi) is 2.83. The van der Waals surface area contributed by atoms with Gasteiger partial charge in [0.1, 0.15) is 5.82 Å². The van der Waals surface area contributed by atoms with Crippen molar-refractivity contribution < 1.29 is 4.39 Å². The maximum absolute atomic E-state index is 12.6. The minimum Gasteiger partial charge on any atom is -0.265 e. The van der Waals surface area contributed by atoms with E-state index >= 15 is 0 Å². The summed E-state index contributed by atoms with van der Waals surface area (Å²) in [5, 5.41) is 0. The molecule has 3 heteroatoms. The van der Waals surface area contributed by atoms with Gasteiger partial charge in [-0.25, -0.2) is 4.39 Å². The molecule has 2 nitrogen and oxygen atoms in total. The maximum atomic E-state index is 12.6. The van der Waals surface area contributed by atoms with Crippen LogP contribution in [-0.4, -0.2) is 11.2 Å². The lowest BCUT2D eigenvalue weighted by Crippen LogP contribution is -1.80. The molecule has 0 aliphatic heterocycles. The normalized spacial score (nSPS) is 10.7. The highest BCUT2D eigenvalue weighted by atomic mass is 19.1. The predicted octanol–water partition coefficient (Wildman–Crippen LogP) is 2.97. The van der Waals surface area contributed by atoms with Crippen LogP contribution in [-0.2, 0) is 0 Å². The molecule has 74 valence electrons. The van der Waals surface area contributed by atoms with Crippen LogP contribution < -0.4 is 0 Å². The van der Waals surface area contributed by atoms with Crippen LogP contribution in [0.15, 0.2) is 53.8 Å². The van der Waals surface area contributed by atoms with E-state index in [-0.39, 0.29) is 5.82 Å². The fraction of sp³-hybridized carbons (Fsp3) is 0. The number of hydrogen-bond donors (Lipinski definition) is 0. The van der Waals surface area contributed by atoms with Crippen molar-refractivity contribution in [2.45, 2.75) is 0 Å². The maximum Gasteiger partial charge on any atom is 0.123 e. The average Bonchev–Trinajstić information content (AvgIpc) is 2.30. The van der Waals surface area contributed by atoms with Gasteiger partial charge in [-0.05, 0) is 42.0 Å². The lowest BCUT2D eigenvalue weighted by atomic mass is 10.3. The summed E-state index contributed by atoms with van der Waals surface area (Å²) in [6.07, 6.45) is 5.12. The first-order valence-electron chi connectivity index (χ1n) is 4.54. The van der Waals surface area contributed by atoms with Gasteiger partial charge >= 0.3 is 0 Å². The van der Waals surface area contributed by atoms with E-state index in [1.54, 1.807) is 30.7 Å². The van der Waals surface area contributed by atoms with E-state index in [1.165, 1.54) is 12.1 Å². The molecule has 0 amide bonds. The number of rotatable bonds is 2. The summed E-state index contributed by atoms with van der Waals surface area (Å²) in [6, 6.07) is 9.75. The van der Waals surface area contributed by atoms with Crippen LogP contribution in [0.5, 0.6) is 0 Å². The average molecular weight is 200 g/mol. The Labute approximate surface area is 87.1 Å². The molecule has 1 heterocycles. The van der Waals surface area contributed by atoms with Crippen molar-refractivity contribution in [1.29, 1.82) is 0 Å². The van der Waals surface area contributed by atoms with Gasteiger partial charge in [-0.1, -0.05) is 0 Å². The summed E-state index contributed by atoms with van der Waals surface area (Å²) in [7, 11) is 0. The molecule has 0 fully saturated rings. The zero-order chi connectivity index (χ0) is 10.5. The van der Waals surface area contributed by atoms with E-state index in [4.69, 9.17) is 0 Å². The minimum absolute atomic E-state index is 0.252. The number of halogens is 1. The first-order valence-corrected chi connectivity index (χ1v) is 4.54. The van der Waals surface area contributed by atoms with E-state index in [9.17, 15) is 4.39 Å². The Hall–Kier alpha value is -2.03. The Morgan fingerprint density at radius 2 is 1.67 bits per heavy atom. The predicted molar refractivity (Wildman–Crippen MR) is 57.9 cm³/mol. The van der Waals surface area contributed by atoms with Gasteiger partial charge in [0.15, 0.2) is 0 Å². The zero-order valence-corrected chi connectivity index (χ0v) is 7.97. The van der Waals surface area contributed by atoms with Crippen LogP contribution in [0.25, 0.3) is 0 Å². The number of nitrogens with zero attached hydrogens (tertiary/aromatic N) is 2. The number of aromatic nitrogens is 1. The molecule has 0 N–H and O–H groups in total. The van der Waals surface area contributed by atoms with Gasteiger partial charge in [0.25, 0.3) is 0 Å². The summed E-state index contributed by atoms with van der Waals surface area (Å²) in [5.41, 5.74) is 1.70.